The van der Waals surface area contributed by atoms with E-state index in [1.807, 2.05) is 0 Å². The highest BCUT2D eigenvalue weighted by atomic mass is 16.5. The lowest BCUT2D eigenvalue weighted by molar-refractivity contribution is -0.0277. The van der Waals surface area contributed by atoms with Gasteiger partial charge in [0, 0.05) is 0 Å². The molecule has 0 aromatic rings. The van der Waals surface area contributed by atoms with Crippen molar-refractivity contribution in [3.63, 3.8) is 0 Å². The molecular weight excluding hydrogens is 148 g/mol. The Morgan fingerprint density at radius 1 is 1.08 bits per heavy atom. The topological polar surface area (TPSA) is 9.23 Å². The van der Waals surface area contributed by atoms with E-state index in [1.165, 1.54) is 6.42 Å². The molecule has 0 heterocycles. The minimum absolute atomic E-state index is 0.0156. The van der Waals surface area contributed by atoms with Crippen molar-refractivity contribution < 1.29 is 4.74 Å². The van der Waals surface area contributed by atoms with E-state index in [2.05, 4.69) is 41.5 Å². The van der Waals surface area contributed by atoms with Crippen LogP contribution in [-0.2, 0) is 4.74 Å². The van der Waals surface area contributed by atoms with Gasteiger partial charge in [0.15, 0.2) is 0 Å². The Bertz CT molecular complexity index is 113. The molecule has 0 fully saturated rings. The van der Waals surface area contributed by atoms with Gasteiger partial charge in [0.05, 0.1) is 12.2 Å². The van der Waals surface area contributed by atoms with Crippen LogP contribution in [0.5, 0.6) is 0 Å². The standard InChI is InChI=1S/C11H24O/c1-7-9(2)10(3)8-12-11(4,5)6/h9-10H,7-8H2,1-6H3. The molecule has 2 atom stereocenters. The summed E-state index contributed by atoms with van der Waals surface area (Å²) in [5.74, 6) is 1.45. The van der Waals surface area contributed by atoms with Crippen LogP contribution in [-0.4, -0.2) is 12.2 Å². The van der Waals surface area contributed by atoms with Gasteiger partial charge in [0.2, 0.25) is 0 Å². The third-order valence-corrected chi connectivity index (χ3v) is 2.39. The zero-order valence-corrected chi connectivity index (χ0v) is 9.48. The molecule has 0 aliphatic heterocycles. The van der Waals surface area contributed by atoms with Crippen molar-refractivity contribution in [2.24, 2.45) is 11.8 Å². The lowest BCUT2D eigenvalue weighted by atomic mass is 9.94. The minimum atomic E-state index is 0.0156. The summed E-state index contributed by atoms with van der Waals surface area (Å²) < 4.78 is 5.71. The maximum atomic E-state index is 5.71. The second-order valence-corrected chi connectivity index (χ2v) is 4.79. The summed E-state index contributed by atoms with van der Waals surface area (Å²) in [6.45, 7) is 14.0. The van der Waals surface area contributed by atoms with Gasteiger partial charge in [0.1, 0.15) is 0 Å². The predicted molar refractivity (Wildman–Crippen MR) is 54.3 cm³/mol. The first-order valence-electron chi connectivity index (χ1n) is 5.00. The highest BCUT2D eigenvalue weighted by Gasteiger charge is 2.15. The normalized spacial score (nSPS) is 17.5. The molecular formula is C11H24O. The lowest BCUT2D eigenvalue weighted by Crippen LogP contribution is -2.24. The summed E-state index contributed by atoms with van der Waals surface area (Å²) in [5.41, 5.74) is 0.0156. The van der Waals surface area contributed by atoms with E-state index >= 15 is 0 Å². The van der Waals surface area contributed by atoms with Gasteiger partial charge in [-0.15, -0.1) is 0 Å². The summed E-state index contributed by atoms with van der Waals surface area (Å²) in [6, 6.07) is 0. The van der Waals surface area contributed by atoms with Crippen LogP contribution in [0.2, 0.25) is 0 Å². The summed E-state index contributed by atoms with van der Waals surface area (Å²) in [4.78, 5) is 0. The zero-order chi connectivity index (χ0) is 9.78. The second-order valence-electron chi connectivity index (χ2n) is 4.79. The van der Waals surface area contributed by atoms with Crippen LogP contribution >= 0.6 is 0 Å². The first-order chi connectivity index (χ1) is 5.37. The van der Waals surface area contributed by atoms with Gasteiger partial charge in [-0.2, -0.15) is 0 Å². The molecule has 0 aliphatic rings. The van der Waals surface area contributed by atoms with Crippen LogP contribution in [0.25, 0.3) is 0 Å². The quantitative estimate of drug-likeness (QED) is 0.631. The molecule has 0 saturated carbocycles. The van der Waals surface area contributed by atoms with E-state index in [4.69, 9.17) is 4.74 Å². The number of rotatable bonds is 4. The summed E-state index contributed by atoms with van der Waals surface area (Å²) in [7, 11) is 0. The molecule has 0 saturated heterocycles. The molecule has 1 nitrogen and oxygen atoms in total. The van der Waals surface area contributed by atoms with Gasteiger partial charge in [-0.3, -0.25) is 0 Å². The first-order valence-corrected chi connectivity index (χ1v) is 5.00. The molecule has 0 aromatic carbocycles. The van der Waals surface area contributed by atoms with E-state index in [0.717, 1.165) is 12.5 Å². The predicted octanol–water partition coefficient (Wildman–Crippen LogP) is 3.48. The Labute approximate surface area is 77.5 Å². The second kappa shape index (κ2) is 4.86. The molecule has 0 radical (unpaired) electrons. The Morgan fingerprint density at radius 3 is 1.92 bits per heavy atom. The molecule has 2 unspecified atom stereocenters. The third-order valence-electron chi connectivity index (χ3n) is 2.39. The van der Waals surface area contributed by atoms with Crippen LogP contribution in [0.1, 0.15) is 48.0 Å². The third kappa shape index (κ3) is 5.59. The molecule has 0 rings (SSSR count). The smallest absolute Gasteiger partial charge is 0.0598 e. The van der Waals surface area contributed by atoms with Crippen LogP contribution in [0.15, 0.2) is 0 Å². The van der Waals surface area contributed by atoms with E-state index in [9.17, 15) is 0 Å². The fourth-order valence-corrected chi connectivity index (χ4v) is 0.948. The summed E-state index contributed by atoms with van der Waals surface area (Å²) in [6.07, 6.45) is 1.24. The van der Waals surface area contributed by atoms with E-state index < -0.39 is 0 Å². The van der Waals surface area contributed by atoms with Crippen molar-refractivity contribution in [3.8, 4) is 0 Å². The van der Waals surface area contributed by atoms with Gasteiger partial charge in [-0.1, -0.05) is 27.2 Å². The van der Waals surface area contributed by atoms with Crippen molar-refractivity contribution >= 4 is 0 Å². The maximum absolute atomic E-state index is 5.71. The van der Waals surface area contributed by atoms with Crippen molar-refractivity contribution in [2.75, 3.05) is 6.61 Å². The molecule has 0 aromatic heterocycles. The Kier molecular flexibility index (Phi) is 4.84. The lowest BCUT2D eigenvalue weighted by Gasteiger charge is -2.25. The molecule has 0 spiro atoms. The molecule has 0 N–H and O–H groups in total. The SMILES string of the molecule is CCC(C)C(C)COC(C)(C)C. The van der Waals surface area contributed by atoms with Crippen molar-refractivity contribution in [3.05, 3.63) is 0 Å². The van der Waals surface area contributed by atoms with Crippen LogP contribution < -0.4 is 0 Å². The minimum Gasteiger partial charge on any atom is -0.376 e. The highest BCUT2D eigenvalue weighted by Crippen LogP contribution is 2.17. The molecule has 12 heavy (non-hydrogen) atoms. The van der Waals surface area contributed by atoms with Crippen molar-refractivity contribution in [2.45, 2.75) is 53.6 Å². The molecule has 1 heteroatoms. The highest BCUT2D eigenvalue weighted by molar-refractivity contribution is 4.64. The van der Waals surface area contributed by atoms with E-state index in [1.54, 1.807) is 0 Å². The molecule has 0 bridgehead atoms. The van der Waals surface area contributed by atoms with E-state index in [0.29, 0.717) is 5.92 Å². The van der Waals surface area contributed by atoms with Gasteiger partial charge in [-0.25, -0.2) is 0 Å². The fraction of sp³-hybridized carbons (Fsp3) is 1.00. The van der Waals surface area contributed by atoms with Crippen LogP contribution in [0.3, 0.4) is 0 Å². The van der Waals surface area contributed by atoms with Crippen molar-refractivity contribution in [1.82, 2.24) is 0 Å². The van der Waals surface area contributed by atoms with Crippen LogP contribution in [0.4, 0.5) is 0 Å². The number of hydrogen-bond acceptors (Lipinski definition) is 1. The fourth-order valence-electron chi connectivity index (χ4n) is 0.948. The molecule has 0 amide bonds. The van der Waals surface area contributed by atoms with Crippen molar-refractivity contribution in [1.29, 1.82) is 0 Å². The van der Waals surface area contributed by atoms with Gasteiger partial charge < -0.3 is 4.74 Å². The molecule has 74 valence electrons. The number of hydrogen-bond donors (Lipinski definition) is 0. The Hall–Kier alpha value is -0.0400. The summed E-state index contributed by atoms with van der Waals surface area (Å²) >= 11 is 0. The Morgan fingerprint density at radius 2 is 1.58 bits per heavy atom. The van der Waals surface area contributed by atoms with Crippen LogP contribution in [0, 0.1) is 11.8 Å². The van der Waals surface area contributed by atoms with E-state index in [-0.39, 0.29) is 5.60 Å². The first kappa shape index (κ1) is 12.0. The molecule has 0 aliphatic carbocycles. The van der Waals surface area contributed by atoms with Gasteiger partial charge in [-0.05, 0) is 32.6 Å². The monoisotopic (exact) mass is 172 g/mol. The maximum Gasteiger partial charge on any atom is 0.0598 e. The Balaban J connectivity index is 3.64. The summed E-state index contributed by atoms with van der Waals surface area (Å²) in [5, 5.41) is 0. The van der Waals surface area contributed by atoms with Gasteiger partial charge in [0.25, 0.3) is 0 Å². The average Bonchev–Trinajstić information content (AvgIpc) is 1.97. The largest absolute Gasteiger partial charge is 0.376 e. The average molecular weight is 172 g/mol. The van der Waals surface area contributed by atoms with Gasteiger partial charge >= 0.3 is 0 Å². The zero-order valence-electron chi connectivity index (χ0n) is 9.48. The number of ether oxygens (including phenoxy) is 1.